The Bertz CT molecular complexity index is 511. The molecule has 5 nitrogen and oxygen atoms in total. The van der Waals surface area contributed by atoms with Gasteiger partial charge in [0.05, 0.1) is 23.4 Å². The molecule has 2 rings (SSSR count). The van der Waals surface area contributed by atoms with E-state index in [1.165, 1.54) is 25.7 Å². The number of aryl methyl sites for hydroxylation is 1. The number of hydrogen-bond donors (Lipinski definition) is 1. The predicted octanol–water partition coefficient (Wildman–Crippen LogP) is 3.44. The molecule has 0 amide bonds. The van der Waals surface area contributed by atoms with E-state index in [-0.39, 0.29) is 0 Å². The summed E-state index contributed by atoms with van der Waals surface area (Å²) in [5, 5.41) is 6.70. The summed E-state index contributed by atoms with van der Waals surface area (Å²) in [4.78, 5) is 11.0. The van der Waals surface area contributed by atoms with Crippen molar-refractivity contribution in [1.82, 2.24) is 15.2 Å². The van der Waals surface area contributed by atoms with E-state index in [9.17, 15) is 0 Å². The molecule has 1 aromatic heterocycles. The molecule has 1 fully saturated rings. The summed E-state index contributed by atoms with van der Waals surface area (Å²) < 4.78 is 6.00. The van der Waals surface area contributed by atoms with E-state index in [1.807, 2.05) is 14.0 Å². The molecule has 0 spiro atoms. The number of aromatic nitrogens is 1. The average Bonchev–Trinajstić information content (AvgIpc) is 3.22. The molecule has 136 valence electrons. The number of hydrogen-bond acceptors (Lipinski definition) is 4. The third-order valence-electron chi connectivity index (χ3n) is 4.66. The van der Waals surface area contributed by atoms with Crippen LogP contribution in [0.5, 0.6) is 0 Å². The Morgan fingerprint density at radius 3 is 2.83 bits per heavy atom. The van der Waals surface area contributed by atoms with Gasteiger partial charge in [0.2, 0.25) is 0 Å². The Balaban J connectivity index is 1.79. The number of guanidine groups is 1. The molecule has 1 unspecified atom stereocenters. The minimum Gasteiger partial charge on any atom is -0.378 e. The first-order valence-corrected chi connectivity index (χ1v) is 9.96. The number of thiazole rings is 1. The number of nitrogens with zero attached hydrogens (tertiary/aromatic N) is 3. The van der Waals surface area contributed by atoms with Gasteiger partial charge >= 0.3 is 0 Å². The molecule has 1 aromatic rings. The molecule has 0 radical (unpaired) electrons. The molecule has 1 saturated carbocycles. The second-order valence-corrected chi connectivity index (χ2v) is 7.58. The van der Waals surface area contributed by atoms with Crippen molar-refractivity contribution < 1.29 is 4.74 Å². The maximum absolute atomic E-state index is 6.00. The van der Waals surface area contributed by atoms with Crippen molar-refractivity contribution >= 4 is 17.3 Å². The highest BCUT2D eigenvalue weighted by atomic mass is 32.1. The maximum Gasteiger partial charge on any atom is 0.193 e. The molecule has 0 bridgehead atoms. The lowest BCUT2D eigenvalue weighted by Gasteiger charge is -2.25. The third kappa shape index (κ3) is 5.74. The van der Waals surface area contributed by atoms with Crippen LogP contribution in [0, 0.1) is 12.8 Å². The van der Waals surface area contributed by atoms with Crippen molar-refractivity contribution in [3.8, 4) is 0 Å². The van der Waals surface area contributed by atoms with Gasteiger partial charge in [-0.15, -0.1) is 11.3 Å². The lowest BCUT2D eigenvalue weighted by molar-refractivity contribution is 0.0169. The smallest absolute Gasteiger partial charge is 0.193 e. The number of ether oxygens (including phenoxy) is 1. The molecule has 1 aliphatic rings. The normalized spacial score (nSPS) is 17.2. The predicted molar refractivity (Wildman–Crippen MR) is 102 cm³/mol. The summed E-state index contributed by atoms with van der Waals surface area (Å²) in [5.74, 6) is 1.66. The topological polar surface area (TPSA) is 49.8 Å². The zero-order valence-electron chi connectivity index (χ0n) is 15.5. The van der Waals surface area contributed by atoms with Crippen LogP contribution < -0.4 is 5.32 Å². The Labute approximate surface area is 150 Å². The summed E-state index contributed by atoms with van der Waals surface area (Å²) >= 11 is 1.69. The molecular formula is C18H32N4OS. The largest absolute Gasteiger partial charge is 0.378 e. The molecule has 24 heavy (non-hydrogen) atoms. The van der Waals surface area contributed by atoms with Gasteiger partial charge < -0.3 is 15.0 Å². The quantitative estimate of drug-likeness (QED) is 0.575. The van der Waals surface area contributed by atoms with E-state index in [2.05, 4.69) is 39.5 Å². The van der Waals surface area contributed by atoms with Crippen LogP contribution in [0.1, 0.15) is 49.7 Å². The summed E-state index contributed by atoms with van der Waals surface area (Å²) in [5.41, 5.74) is 1.10. The van der Waals surface area contributed by atoms with E-state index in [0.29, 0.717) is 6.10 Å². The maximum atomic E-state index is 6.00. The molecule has 1 aliphatic carbocycles. The molecular weight excluding hydrogens is 320 g/mol. The van der Waals surface area contributed by atoms with Crippen LogP contribution in [0.25, 0.3) is 0 Å². The Morgan fingerprint density at radius 1 is 1.50 bits per heavy atom. The Kier molecular flexibility index (Phi) is 7.99. The van der Waals surface area contributed by atoms with Crippen LogP contribution in [0.3, 0.4) is 0 Å². The van der Waals surface area contributed by atoms with Crippen molar-refractivity contribution in [2.45, 2.75) is 58.6 Å². The summed E-state index contributed by atoms with van der Waals surface area (Å²) in [6.45, 7) is 6.62. The Hall–Kier alpha value is -1.14. The van der Waals surface area contributed by atoms with Gasteiger partial charge in [-0.1, -0.05) is 12.8 Å². The van der Waals surface area contributed by atoms with Crippen molar-refractivity contribution in [2.75, 3.05) is 27.2 Å². The van der Waals surface area contributed by atoms with E-state index >= 15 is 0 Å². The number of rotatable bonds is 8. The van der Waals surface area contributed by atoms with Gasteiger partial charge in [0.15, 0.2) is 5.96 Å². The van der Waals surface area contributed by atoms with Crippen LogP contribution in [0.15, 0.2) is 10.4 Å². The molecule has 1 N–H and O–H groups in total. The minimum atomic E-state index is 0.384. The highest BCUT2D eigenvalue weighted by Crippen LogP contribution is 2.30. The molecule has 1 atom stereocenters. The highest BCUT2D eigenvalue weighted by molar-refractivity contribution is 7.09. The fourth-order valence-corrected chi connectivity index (χ4v) is 4.11. The van der Waals surface area contributed by atoms with E-state index in [1.54, 1.807) is 11.3 Å². The van der Waals surface area contributed by atoms with Crippen molar-refractivity contribution in [1.29, 1.82) is 0 Å². The molecule has 0 aliphatic heterocycles. The standard InChI is InChI=1S/C18H32N4OS/c1-5-23-17(15-8-6-7-9-15)10-11-20-18(19-3)22(4)12-16-13-24-14(2)21-16/h13,15,17H,5-12H2,1-4H3,(H,19,20). The molecule has 0 aromatic carbocycles. The van der Waals surface area contributed by atoms with Gasteiger partial charge in [-0.05, 0) is 39.0 Å². The van der Waals surface area contributed by atoms with Gasteiger partial charge in [-0.3, -0.25) is 4.99 Å². The first-order chi connectivity index (χ1) is 11.6. The van der Waals surface area contributed by atoms with Crippen LogP contribution in [-0.4, -0.2) is 49.2 Å². The number of aliphatic imine (C=N–C) groups is 1. The van der Waals surface area contributed by atoms with Crippen LogP contribution in [-0.2, 0) is 11.3 Å². The third-order valence-corrected chi connectivity index (χ3v) is 5.48. The second-order valence-electron chi connectivity index (χ2n) is 6.51. The minimum absolute atomic E-state index is 0.384. The molecule has 0 saturated heterocycles. The van der Waals surface area contributed by atoms with Gasteiger partial charge in [-0.25, -0.2) is 4.98 Å². The highest BCUT2D eigenvalue weighted by Gasteiger charge is 2.25. The fraction of sp³-hybridized carbons (Fsp3) is 0.778. The summed E-state index contributed by atoms with van der Waals surface area (Å²) in [7, 11) is 3.89. The second kappa shape index (κ2) is 9.99. The molecule has 1 heterocycles. The van der Waals surface area contributed by atoms with Gasteiger partial charge in [0.1, 0.15) is 0 Å². The van der Waals surface area contributed by atoms with Crippen molar-refractivity contribution in [2.24, 2.45) is 10.9 Å². The Morgan fingerprint density at radius 2 is 2.25 bits per heavy atom. The summed E-state index contributed by atoms with van der Waals surface area (Å²) in [6.07, 6.45) is 6.79. The van der Waals surface area contributed by atoms with E-state index in [0.717, 1.165) is 48.7 Å². The SMILES string of the molecule is CCOC(CCNC(=NC)N(C)Cc1csc(C)n1)C1CCCC1. The lowest BCUT2D eigenvalue weighted by Crippen LogP contribution is -2.40. The van der Waals surface area contributed by atoms with Gasteiger partial charge in [-0.2, -0.15) is 0 Å². The zero-order valence-corrected chi connectivity index (χ0v) is 16.4. The van der Waals surface area contributed by atoms with Crippen LogP contribution in [0.4, 0.5) is 0 Å². The van der Waals surface area contributed by atoms with Crippen molar-refractivity contribution in [3.05, 3.63) is 16.1 Å². The van der Waals surface area contributed by atoms with E-state index in [4.69, 9.17) is 4.74 Å². The van der Waals surface area contributed by atoms with Crippen LogP contribution in [0.2, 0.25) is 0 Å². The first-order valence-electron chi connectivity index (χ1n) is 9.08. The summed E-state index contributed by atoms with van der Waals surface area (Å²) in [6, 6.07) is 0. The van der Waals surface area contributed by atoms with Crippen LogP contribution >= 0.6 is 11.3 Å². The monoisotopic (exact) mass is 352 g/mol. The average molecular weight is 353 g/mol. The van der Waals surface area contributed by atoms with Crippen molar-refractivity contribution in [3.63, 3.8) is 0 Å². The van der Waals surface area contributed by atoms with Gasteiger partial charge in [0, 0.05) is 32.6 Å². The number of nitrogens with one attached hydrogen (secondary N) is 1. The lowest BCUT2D eigenvalue weighted by atomic mass is 9.98. The zero-order chi connectivity index (χ0) is 17.4. The first kappa shape index (κ1) is 19.2. The molecule has 6 heteroatoms. The van der Waals surface area contributed by atoms with E-state index < -0.39 is 0 Å². The van der Waals surface area contributed by atoms with Gasteiger partial charge in [0.25, 0.3) is 0 Å². The fourth-order valence-electron chi connectivity index (χ4n) is 3.51.